The summed E-state index contributed by atoms with van der Waals surface area (Å²) in [5.41, 5.74) is 17.1. The lowest BCUT2D eigenvalue weighted by atomic mass is 9.78. The van der Waals surface area contributed by atoms with Crippen LogP contribution in [0.2, 0.25) is 0 Å². The van der Waals surface area contributed by atoms with E-state index < -0.39 is 0 Å². The van der Waals surface area contributed by atoms with E-state index in [0.717, 1.165) is 67.1 Å². The summed E-state index contributed by atoms with van der Waals surface area (Å²) in [5, 5.41) is 4.43. The zero-order chi connectivity index (χ0) is 26.6. The second kappa shape index (κ2) is 9.39. The molecular formula is C29H34N8O2. The van der Waals surface area contributed by atoms with Crippen LogP contribution in [0.5, 0.6) is 11.6 Å². The van der Waals surface area contributed by atoms with E-state index in [-0.39, 0.29) is 5.54 Å². The van der Waals surface area contributed by atoms with Crippen molar-refractivity contribution < 1.29 is 9.47 Å². The van der Waals surface area contributed by atoms with E-state index in [0.29, 0.717) is 30.3 Å². The van der Waals surface area contributed by atoms with Gasteiger partial charge in [0.1, 0.15) is 18.2 Å². The number of hydrogen-bond acceptors (Lipinski definition) is 9. The molecule has 0 amide bonds. The number of piperidine rings is 1. The topological polar surface area (TPSA) is 120 Å². The molecule has 1 saturated carbocycles. The summed E-state index contributed by atoms with van der Waals surface area (Å²) in [5.74, 6) is 2.38. The first-order chi connectivity index (χ1) is 19.0. The fraction of sp³-hybridized carbons (Fsp3) is 0.414. The molecule has 4 aliphatic rings. The van der Waals surface area contributed by atoms with Crippen LogP contribution < -0.4 is 25.8 Å². The number of nitrogen functional groups attached to an aromatic ring is 1. The van der Waals surface area contributed by atoms with Crippen molar-refractivity contribution in [2.24, 2.45) is 5.73 Å². The number of nitrogens with zero attached hydrogens (tertiary/aromatic N) is 6. The molecule has 4 fully saturated rings. The quantitative estimate of drug-likeness (QED) is 0.357. The number of ether oxygens (including phenoxy) is 2. The molecule has 0 radical (unpaired) electrons. The summed E-state index contributed by atoms with van der Waals surface area (Å²) in [6.07, 6.45) is 11.8. The lowest BCUT2D eigenvalue weighted by molar-refractivity contribution is -0.00876. The van der Waals surface area contributed by atoms with Gasteiger partial charge in [-0.05, 0) is 49.4 Å². The van der Waals surface area contributed by atoms with Gasteiger partial charge in [0.25, 0.3) is 0 Å². The Labute approximate surface area is 227 Å². The van der Waals surface area contributed by atoms with Crippen LogP contribution in [0.1, 0.15) is 31.2 Å². The first-order valence-corrected chi connectivity index (χ1v) is 13.6. The van der Waals surface area contributed by atoms with Crippen LogP contribution in [0.3, 0.4) is 0 Å². The number of rotatable bonds is 8. The molecule has 7 heterocycles. The highest BCUT2D eigenvalue weighted by molar-refractivity contribution is 5.89. The summed E-state index contributed by atoms with van der Waals surface area (Å²) in [6, 6.07) is 11.3. The van der Waals surface area contributed by atoms with Gasteiger partial charge in [0, 0.05) is 61.3 Å². The Hall–Kier alpha value is -3.89. The van der Waals surface area contributed by atoms with Gasteiger partial charge in [0.05, 0.1) is 36.2 Å². The summed E-state index contributed by atoms with van der Waals surface area (Å²) in [7, 11) is 1.64. The minimum Gasteiger partial charge on any atom is -0.490 e. The third kappa shape index (κ3) is 4.43. The number of hydrogen-bond donors (Lipinski definition) is 2. The predicted octanol–water partition coefficient (Wildman–Crippen LogP) is 3.11. The number of fused-ring (bicyclic) bond motifs is 3. The number of anilines is 2. The molecule has 202 valence electrons. The molecule has 3 saturated heterocycles. The average Bonchev–Trinajstić information content (AvgIpc) is 3.34. The van der Waals surface area contributed by atoms with Crippen molar-refractivity contribution in [1.82, 2.24) is 24.5 Å². The van der Waals surface area contributed by atoms with Crippen molar-refractivity contribution in [3.05, 3.63) is 60.7 Å². The largest absolute Gasteiger partial charge is 0.490 e. The lowest BCUT2D eigenvalue weighted by Gasteiger charge is -2.56. The Balaban J connectivity index is 1.06. The Morgan fingerprint density at radius 1 is 1.05 bits per heavy atom. The van der Waals surface area contributed by atoms with Crippen molar-refractivity contribution in [3.8, 4) is 22.8 Å². The Kier molecular flexibility index (Phi) is 5.82. The van der Waals surface area contributed by atoms with E-state index >= 15 is 0 Å². The van der Waals surface area contributed by atoms with Gasteiger partial charge in [-0.2, -0.15) is 5.10 Å². The second-order valence-electron chi connectivity index (χ2n) is 11.2. The zero-order valence-electron chi connectivity index (χ0n) is 22.2. The number of aromatic nitrogens is 4. The molecule has 3 aliphatic heterocycles. The average molecular weight is 527 g/mol. The molecule has 39 heavy (non-hydrogen) atoms. The molecule has 2 unspecified atom stereocenters. The number of pyridine rings is 3. The van der Waals surface area contributed by atoms with E-state index in [9.17, 15) is 0 Å². The molecule has 10 heteroatoms. The van der Waals surface area contributed by atoms with Gasteiger partial charge in [0.15, 0.2) is 0 Å². The van der Waals surface area contributed by atoms with Gasteiger partial charge in [-0.3, -0.25) is 4.90 Å². The van der Waals surface area contributed by atoms with Crippen LogP contribution in [0.4, 0.5) is 11.5 Å². The lowest BCUT2D eigenvalue weighted by Crippen LogP contribution is -2.68. The van der Waals surface area contributed by atoms with E-state index in [2.05, 4.69) is 38.1 Å². The van der Waals surface area contributed by atoms with E-state index in [1.54, 1.807) is 17.8 Å². The van der Waals surface area contributed by atoms with Gasteiger partial charge < -0.3 is 25.8 Å². The number of methoxy groups -OCH3 is 1. The van der Waals surface area contributed by atoms with E-state index in [4.69, 9.17) is 25.9 Å². The highest BCUT2D eigenvalue weighted by Crippen LogP contribution is 2.37. The van der Waals surface area contributed by atoms with Crippen molar-refractivity contribution in [2.45, 2.75) is 49.9 Å². The van der Waals surface area contributed by atoms with Crippen LogP contribution in [0, 0.1) is 0 Å². The van der Waals surface area contributed by atoms with Crippen LogP contribution in [0.25, 0.3) is 16.6 Å². The summed E-state index contributed by atoms with van der Waals surface area (Å²) >= 11 is 0. The third-order valence-electron chi connectivity index (χ3n) is 8.59. The SMILES string of the molecule is COc1ccc(CN2C3CC2CN(c2ccc(-c4cc(OCC5(N)CCC5)cn5ncc(N)c45)cn2)C3)cn1. The molecule has 2 atom stereocenters. The van der Waals surface area contributed by atoms with Crippen LogP contribution in [-0.4, -0.2) is 68.9 Å². The molecule has 8 rings (SSSR count). The Morgan fingerprint density at radius 3 is 2.56 bits per heavy atom. The molecule has 4 aromatic heterocycles. The maximum atomic E-state index is 6.38. The van der Waals surface area contributed by atoms with Crippen molar-refractivity contribution >= 4 is 17.0 Å². The fourth-order valence-corrected chi connectivity index (χ4v) is 6.12. The van der Waals surface area contributed by atoms with E-state index in [1.165, 1.54) is 12.0 Å². The van der Waals surface area contributed by atoms with Crippen LogP contribution in [0.15, 0.2) is 55.1 Å². The van der Waals surface area contributed by atoms with Gasteiger partial charge in [-0.25, -0.2) is 14.5 Å². The molecular weight excluding hydrogens is 492 g/mol. The minimum atomic E-state index is -0.224. The van der Waals surface area contributed by atoms with Gasteiger partial charge in [-0.15, -0.1) is 0 Å². The smallest absolute Gasteiger partial charge is 0.212 e. The van der Waals surface area contributed by atoms with Crippen molar-refractivity contribution in [1.29, 1.82) is 0 Å². The summed E-state index contributed by atoms with van der Waals surface area (Å²) in [4.78, 5) is 14.2. The third-order valence-corrected chi connectivity index (χ3v) is 8.59. The number of nitrogens with two attached hydrogens (primary N) is 2. The predicted molar refractivity (Wildman–Crippen MR) is 150 cm³/mol. The summed E-state index contributed by atoms with van der Waals surface area (Å²) in [6.45, 7) is 3.35. The number of piperazine rings is 1. The van der Waals surface area contributed by atoms with Gasteiger partial charge in [-0.1, -0.05) is 6.07 Å². The fourth-order valence-electron chi connectivity index (χ4n) is 6.12. The highest BCUT2D eigenvalue weighted by atomic mass is 16.5. The first-order valence-electron chi connectivity index (χ1n) is 13.6. The standard InChI is InChI=1S/C29H34N8O2/c1-38-27-6-3-19(11-33-27)14-36-21-9-22(36)16-35(15-21)26-5-4-20(12-32-26)24-10-23(39-18-29(31)7-2-8-29)17-37-28(24)25(30)13-34-37/h3-6,10-13,17,21-22H,2,7-9,14-16,18,30-31H2,1H3. The summed E-state index contributed by atoms with van der Waals surface area (Å²) < 4.78 is 13.1. The van der Waals surface area contributed by atoms with E-state index in [1.807, 2.05) is 30.7 Å². The maximum Gasteiger partial charge on any atom is 0.212 e. The van der Waals surface area contributed by atoms with Crippen LogP contribution >= 0.6 is 0 Å². The normalized spacial score (nSPS) is 21.8. The minimum absolute atomic E-state index is 0.224. The highest BCUT2D eigenvalue weighted by Gasteiger charge is 2.44. The molecule has 0 aromatic carbocycles. The van der Waals surface area contributed by atoms with Gasteiger partial charge >= 0.3 is 0 Å². The molecule has 10 nitrogen and oxygen atoms in total. The Bertz CT molecular complexity index is 1470. The van der Waals surface area contributed by atoms with Gasteiger partial charge in [0.2, 0.25) is 5.88 Å². The monoisotopic (exact) mass is 526 g/mol. The molecule has 4 aromatic rings. The van der Waals surface area contributed by atoms with Crippen molar-refractivity contribution in [2.75, 3.05) is 37.4 Å². The zero-order valence-corrected chi connectivity index (χ0v) is 22.2. The first kappa shape index (κ1) is 24.2. The molecule has 1 aliphatic carbocycles. The van der Waals surface area contributed by atoms with Crippen molar-refractivity contribution in [3.63, 3.8) is 0 Å². The second-order valence-corrected chi connectivity index (χ2v) is 11.2. The molecule has 2 bridgehead atoms. The maximum absolute atomic E-state index is 6.38. The Morgan fingerprint density at radius 2 is 1.90 bits per heavy atom. The van der Waals surface area contributed by atoms with Crippen LogP contribution in [-0.2, 0) is 6.54 Å². The molecule has 0 spiro atoms. The molecule has 4 N–H and O–H groups in total.